The second-order valence-corrected chi connectivity index (χ2v) is 5.57. The predicted octanol–water partition coefficient (Wildman–Crippen LogP) is 5.36. The Morgan fingerprint density at radius 2 is 1.78 bits per heavy atom. The number of benzene rings is 2. The van der Waals surface area contributed by atoms with E-state index in [0.717, 1.165) is 22.7 Å². The highest BCUT2D eigenvalue weighted by molar-refractivity contribution is 6.42. The summed E-state index contributed by atoms with van der Waals surface area (Å²) in [7, 11) is 0. The Balaban J connectivity index is 1.94. The van der Waals surface area contributed by atoms with E-state index in [1.165, 1.54) is 5.56 Å². The fourth-order valence-electron chi connectivity index (χ4n) is 2.28. The minimum absolute atomic E-state index is 0.203. The predicted molar refractivity (Wildman–Crippen MR) is 78.0 cm³/mol. The van der Waals surface area contributed by atoms with Gasteiger partial charge in [0, 0.05) is 0 Å². The molecule has 0 aromatic heterocycles. The lowest BCUT2D eigenvalue weighted by atomic mass is 10.0. The molecule has 0 radical (unpaired) electrons. The number of hydrogen-bond donors (Lipinski definition) is 1. The van der Waals surface area contributed by atoms with Gasteiger partial charge in [-0.15, -0.1) is 0 Å². The van der Waals surface area contributed by atoms with Gasteiger partial charge in [-0.2, -0.15) is 0 Å². The first-order valence-corrected chi connectivity index (χ1v) is 6.77. The molecule has 92 valence electrons. The molecule has 18 heavy (non-hydrogen) atoms. The van der Waals surface area contributed by atoms with Crippen LogP contribution < -0.4 is 5.32 Å². The van der Waals surface area contributed by atoms with Crippen molar-refractivity contribution < 1.29 is 0 Å². The zero-order valence-electron chi connectivity index (χ0n) is 9.38. The van der Waals surface area contributed by atoms with Crippen molar-refractivity contribution in [2.45, 2.75) is 12.5 Å². The quantitative estimate of drug-likeness (QED) is 0.747. The molecule has 1 heterocycles. The van der Waals surface area contributed by atoms with Gasteiger partial charge in [0.05, 0.1) is 26.8 Å². The first-order chi connectivity index (χ1) is 8.65. The highest BCUT2D eigenvalue weighted by atomic mass is 35.5. The molecular formula is C14H10Cl3N. The lowest BCUT2D eigenvalue weighted by Gasteiger charge is -2.12. The third kappa shape index (κ3) is 2.07. The van der Waals surface area contributed by atoms with Gasteiger partial charge in [-0.1, -0.05) is 53.0 Å². The molecule has 0 amide bonds. The summed E-state index contributed by atoms with van der Waals surface area (Å²) in [6.45, 7) is 0. The largest absolute Gasteiger partial charge is 0.376 e. The van der Waals surface area contributed by atoms with Crippen molar-refractivity contribution in [3.63, 3.8) is 0 Å². The number of halogens is 3. The molecule has 0 aliphatic carbocycles. The van der Waals surface area contributed by atoms with Crippen LogP contribution >= 0.6 is 34.8 Å². The SMILES string of the molecule is Clc1ccc(C2Cc3cccc(Cl)c3N2)cc1Cl. The first-order valence-electron chi connectivity index (χ1n) is 5.64. The highest BCUT2D eigenvalue weighted by Gasteiger charge is 2.23. The van der Waals surface area contributed by atoms with Crippen LogP contribution in [0.4, 0.5) is 5.69 Å². The number of rotatable bonds is 1. The van der Waals surface area contributed by atoms with E-state index in [9.17, 15) is 0 Å². The van der Waals surface area contributed by atoms with Crippen LogP contribution in [0.5, 0.6) is 0 Å². The van der Waals surface area contributed by atoms with E-state index in [2.05, 4.69) is 11.4 Å². The summed E-state index contributed by atoms with van der Waals surface area (Å²) in [4.78, 5) is 0. The molecule has 1 nitrogen and oxygen atoms in total. The lowest BCUT2D eigenvalue weighted by molar-refractivity contribution is 0.824. The molecule has 0 saturated heterocycles. The van der Waals surface area contributed by atoms with E-state index in [-0.39, 0.29) is 6.04 Å². The van der Waals surface area contributed by atoms with E-state index in [1.807, 2.05) is 30.3 Å². The number of fused-ring (bicyclic) bond motifs is 1. The van der Waals surface area contributed by atoms with Crippen LogP contribution in [0.3, 0.4) is 0 Å². The van der Waals surface area contributed by atoms with Crippen LogP contribution in [0.25, 0.3) is 0 Å². The minimum atomic E-state index is 0.203. The molecule has 1 atom stereocenters. The molecule has 0 spiro atoms. The fourth-order valence-corrected chi connectivity index (χ4v) is 2.83. The molecule has 1 aliphatic rings. The zero-order chi connectivity index (χ0) is 12.7. The molecule has 0 fully saturated rings. The number of para-hydroxylation sites is 1. The monoisotopic (exact) mass is 297 g/mol. The van der Waals surface area contributed by atoms with Gasteiger partial charge in [0.1, 0.15) is 0 Å². The van der Waals surface area contributed by atoms with Crippen molar-refractivity contribution in [3.05, 3.63) is 62.6 Å². The smallest absolute Gasteiger partial charge is 0.0640 e. The van der Waals surface area contributed by atoms with E-state index in [0.29, 0.717) is 10.0 Å². The molecule has 2 aromatic carbocycles. The van der Waals surface area contributed by atoms with Crippen molar-refractivity contribution >= 4 is 40.5 Å². The summed E-state index contributed by atoms with van der Waals surface area (Å²) >= 11 is 18.1. The lowest BCUT2D eigenvalue weighted by Crippen LogP contribution is -2.05. The summed E-state index contributed by atoms with van der Waals surface area (Å²) in [5, 5.41) is 5.35. The molecule has 1 unspecified atom stereocenters. The average molecular weight is 299 g/mol. The fraction of sp³-hybridized carbons (Fsp3) is 0.143. The standard InChI is InChI=1S/C14H10Cl3N/c15-10-5-4-8(6-12(10)17)13-7-9-2-1-3-11(16)14(9)18-13/h1-6,13,18H,7H2. The topological polar surface area (TPSA) is 12.0 Å². The van der Waals surface area contributed by atoms with Gasteiger partial charge in [-0.25, -0.2) is 0 Å². The zero-order valence-corrected chi connectivity index (χ0v) is 11.7. The summed E-state index contributed by atoms with van der Waals surface area (Å²) < 4.78 is 0. The maximum atomic E-state index is 6.17. The van der Waals surface area contributed by atoms with Gasteiger partial charge < -0.3 is 5.32 Å². The molecular weight excluding hydrogens is 289 g/mol. The Kier molecular flexibility index (Phi) is 3.14. The normalized spacial score (nSPS) is 17.4. The molecule has 2 aromatic rings. The number of nitrogens with one attached hydrogen (secondary N) is 1. The van der Waals surface area contributed by atoms with Gasteiger partial charge in [0.25, 0.3) is 0 Å². The molecule has 1 N–H and O–H groups in total. The van der Waals surface area contributed by atoms with Crippen molar-refractivity contribution in [1.29, 1.82) is 0 Å². The summed E-state index contributed by atoms with van der Waals surface area (Å²) in [5.74, 6) is 0. The van der Waals surface area contributed by atoms with Crippen LogP contribution in [-0.2, 0) is 6.42 Å². The van der Waals surface area contributed by atoms with Gasteiger partial charge in [-0.3, -0.25) is 0 Å². The molecule has 4 heteroatoms. The summed E-state index contributed by atoms with van der Waals surface area (Å²) in [6.07, 6.45) is 0.911. The first kappa shape index (κ1) is 12.2. The average Bonchev–Trinajstić information content (AvgIpc) is 2.78. The highest BCUT2D eigenvalue weighted by Crippen LogP contribution is 2.39. The Morgan fingerprint density at radius 3 is 2.50 bits per heavy atom. The third-order valence-corrected chi connectivity index (χ3v) is 4.24. The van der Waals surface area contributed by atoms with Gasteiger partial charge in [0.2, 0.25) is 0 Å². The van der Waals surface area contributed by atoms with Gasteiger partial charge >= 0.3 is 0 Å². The molecule has 1 aliphatic heterocycles. The van der Waals surface area contributed by atoms with E-state index >= 15 is 0 Å². The van der Waals surface area contributed by atoms with Crippen molar-refractivity contribution in [1.82, 2.24) is 0 Å². The molecule has 3 rings (SSSR count). The van der Waals surface area contributed by atoms with Gasteiger partial charge in [0.15, 0.2) is 0 Å². The Morgan fingerprint density at radius 1 is 0.944 bits per heavy atom. The third-order valence-electron chi connectivity index (χ3n) is 3.19. The maximum absolute atomic E-state index is 6.17. The van der Waals surface area contributed by atoms with Crippen LogP contribution in [0.1, 0.15) is 17.2 Å². The van der Waals surface area contributed by atoms with E-state index in [1.54, 1.807) is 0 Å². The maximum Gasteiger partial charge on any atom is 0.0640 e. The van der Waals surface area contributed by atoms with Crippen molar-refractivity contribution in [2.75, 3.05) is 5.32 Å². The molecule has 0 bridgehead atoms. The Labute approximate surface area is 121 Å². The Bertz CT molecular complexity index is 610. The minimum Gasteiger partial charge on any atom is -0.376 e. The molecule has 0 saturated carbocycles. The van der Waals surface area contributed by atoms with Crippen LogP contribution in [-0.4, -0.2) is 0 Å². The second-order valence-electron chi connectivity index (χ2n) is 4.35. The van der Waals surface area contributed by atoms with Crippen LogP contribution in [0.2, 0.25) is 15.1 Å². The van der Waals surface area contributed by atoms with Gasteiger partial charge in [-0.05, 0) is 35.7 Å². The summed E-state index contributed by atoms with van der Waals surface area (Å²) in [6, 6.07) is 11.9. The Hall–Kier alpha value is -0.890. The summed E-state index contributed by atoms with van der Waals surface area (Å²) in [5.41, 5.74) is 3.38. The number of anilines is 1. The van der Waals surface area contributed by atoms with Crippen molar-refractivity contribution in [2.24, 2.45) is 0 Å². The van der Waals surface area contributed by atoms with E-state index in [4.69, 9.17) is 34.8 Å². The van der Waals surface area contributed by atoms with E-state index < -0.39 is 0 Å². The van der Waals surface area contributed by atoms with Crippen molar-refractivity contribution in [3.8, 4) is 0 Å². The van der Waals surface area contributed by atoms with Crippen LogP contribution in [0.15, 0.2) is 36.4 Å². The number of hydrogen-bond acceptors (Lipinski definition) is 1. The van der Waals surface area contributed by atoms with Crippen LogP contribution in [0, 0.1) is 0 Å². The second kappa shape index (κ2) is 4.65.